The number of hydrogen-bond acceptors (Lipinski definition) is 32. The highest BCUT2D eigenvalue weighted by molar-refractivity contribution is 7.95. The normalized spacial score (nSPS) is 12.7. The Labute approximate surface area is 477 Å². The van der Waals surface area contributed by atoms with E-state index >= 15 is 0 Å². The van der Waals surface area contributed by atoms with Crippen molar-refractivity contribution in [2.24, 2.45) is 0 Å². The molecular weight excluding hydrogens is 1260 g/mol. The van der Waals surface area contributed by atoms with Gasteiger partial charge in [-0.05, 0) is 71.8 Å². The van der Waals surface area contributed by atoms with Crippen LogP contribution >= 0.6 is 24.1 Å². The van der Waals surface area contributed by atoms with Crippen LogP contribution in [0.1, 0.15) is 24.0 Å². The number of aromatic nitrogens is 6. The maximum atomic E-state index is 12.9. The van der Waals surface area contributed by atoms with Crippen molar-refractivity contribution in [3.05, 3.63) is 83.9 Å². The van der Waals surface area contributed by atoms with Crippen LogP contribution in [0.3, 0.4) is 0 Å². The fourth-order valence-electron chi connectivity index (χ4n) is 6.57. The van der Waals surface area contributed by atoms with Gasteiger partial charge in [0, 0.05) is 11.4 Å². The summed E-state index contributed by atoms with van der Waals surface area (Å²) in [6, 6.07) is 7.72. The first-order chi connectivity index (χ1) is 39.3. The Bertz CT molecular complexity index is 3780. The largest absolute Gasteiger partial charge is 0.481 e. The zero-order valence-electron chi connectivity index (χ0n) is 40.8. The van der Waals surface area contributed by atoms with Crippen LogP contribution < -0.4 is 31.9 Å². The molecule has 0 saturated heterocycles. The smallest absolute Gasteiger partial charge is 0.326 e. The van der Waals surface area contributed by atoms with Gasteiger partial charge in [-0.1, -0.05) is 34.4 Å². The molecule has 2 atom stereocenters. The highest BCUT2D eigenvalue weighted by atomic mass is 32.2. The van der Waals surface area contributed by atoms with E-state index < -0.39 is 145 Å². The fraction of sp³-hybridized carbons (Fsp3) is 0.100. The highest BCUT2D eigenvalue weighted by Gasteiger charge is 2.27. The summed E-state index contributed by atoms with van der Waals surface area (Å²) in [6.45, 7) is 0. The van der Waals surface area contributed by atoms with Gasteiger partial charge >= 0.3 is 23.9 Å². The summed E-state index contributed by atoms with van der Waals surface area (Å²) in [6.07, 6.45) is -0.149. The zero-order chi connectivity index (χ0) is 61.9. The maximum absolute atomic E-state index is 12.9. The van der Waals surface area contributed by atoms with E-state index in [2.05, 4.69) is 80.5 Å². The van der Waals surface area contributed by atoms with E-state index in [1.54, 1.807) is 0 Å². The van der Waals surface area contributed by atoms with Gasteiger partial charge in [-0.3, -0.25) is 27.8 Å². The summed E-state index contributed by atoms with van der Waals surface area (Å²) < 4.78 is 148. The minimum Gasteiger partial charge on any atom is -0.481 e. The second kappa shape index (κ2) is 27.2. The minimum atomic E-state index is -5.25. The topological polar surface area (TPSA) is 594 Å². The van der Waals surface area contributed by atoms with Gasteiger partial charge in [0.25, 0.3) is 40.5 Å². The van der Waals surface area contributed by atoms with Gasteiger partial charge in [0.05, 0.1) is 67.9 Å². The Balaban J connectivity index is 1.37. The van der Waals surface area contributed by atoms with E-state index in [1.807, 2.05) is 0 Å². The van der Waals surface area contributed by atoms with Crippen molar-refractivity contribution in [2.45, 2.75) is 54.3 Å². The Hall–Kier alpha value is -8.58. The molecule has 38 nitrogen and oxygen atoms in total. The Morgan fingerprint density at radius 3 is 1.10 bits per heavy atom. The molecule has 84 heavy (non-hydrogen) atoms. The molecule has 0 aliphatic carbocycles. The van der Waals surface area contributed by atoms with Crippen molar-refractivity contribution in [3.8, 4) is 0 Å². The lowest BCUT2D eigenvalue weighted by molar-refractivity contribution is -0.432. The summed E-state index contributed by atoms with van der Waals surface area (Å²) in [5, 5.41) is 77.2. The molecule has 0 radical (unpaired) electrons. The molecule has 0 amide bonds. The molecule has 2 aromatic heterocycles. The quantitative estimate of drug-likeness (QED) is 0.0100. The number of carboxylic acids is 4. The molecule has 0 aliphatic rings. The van der Waals surface area contributed by atoms with Crippen molar-refractivity contribution in [2.75, 3.05) is 31.9 Å². The van der Waals surface area contributed by atoms with Crippen LogP contribution in [0.2, 0.25) is 0 Å². The first-order valence-corrected chi connectivity index (χ1v) is 29.0. The van der Waals surface area contributed by atoms with Crippen LogP contribution in [-0.2, 0) is 78.4 Å². The standard InChI is InChI=1S/C40H36N12O26S6/c53-31(54)15-25(33(57)58)45-39-49-35(47-37(51-39)43-23-13-21(81(63,64)65)7-9-27(23)79-77-75-61)41-19-5-3-17(29(11-19)83(69,70)71)1-2-18-4-6-20(12-30(18)84(72,73)74)42-36-48-38(52-40(50-36)46-26(34(59)60)16-32(55)56)44-24-14-22(82(66,67)68)8-10-28(24)80-78-76-62/h1-14,25-26,61-62H,15-16H2,(H,53,54)(H,55,56)(H,57,58)(H,59,60)(H,63,64,65)(H,66,67,68)(H,69,70,71)(H,72,73,74)(H3,41,43,45,47,49,51)(H3,42,44,46,48,50,52). The van der Waals surface area contributed by atoms with Crippen molar-refractivity contribution in [1.29, 1.82) is 0 Å². The number of benzene rings is 4. The van der Waals surface area contributed by atoms with Crippen molar-refractivity contribution in [1.82, 2.24) is 29.9 Å². The predicted octanol–water partition coefficient (Wildman–Crippen LogP) is 3.72. The fourth-order valence-corrected chi connectivity index (χ4v) is 9.86. The molecule has 6 rings (SSSR count). The van der Waals surface area contributed by atoms with Gasteiger partial charge in [0.2, 0.25) is 35.7 Å². The van der Waals surface area contributed by atoms with Gasteiger partial charge in [0.15, 0.2) is 0 Å². The van der Waals surface area contributed by atoms with E-state index in [-0.39, 0.29) is 67.8 Å². The number of aliphatic carboxylic acids is 4. The number of carboxylic acid groups (broad SMARTS) is 4. The Kier molecular flexibility index (Phi) is 20.9. The lowest BCUT2D eigenvalue weighted by Crippen LogP contribution is -2.32. The van der Waals surface area contributed by atoms with Gasteiger partial charge < -0.3 is 52.3 Å². The zero-order valence-corrected chi connectivity index (χ0v) is 45.7. The van der Waals surface area contributed by atoms with Crippen LogP contribution in [0.15, 0.2) is 102 Å². The highest BCUT2D eigenvalue weighted by Crippen LogP contribution is 2.35. The summed E-state index contributed by atoms with van der Waals surface area (Å²) in [5.41, 5.74) is -1.88. The third-order valence-electron chi connectivity index (χ3n) is 10.1. The number of carbonyl (C=O) groups is 4. The Morgan fingerprint density at radius 2 is 0.798 bits per heavy atom. The third-order valence-corrected chi connectivity index (χ3v) is 14.9. The number of rotatable bonds is 30. The number of nitrogens with one attached hydrogen (secondary N) is 6. The van der Waals surface area contributed by atoms with Gasteiger partial charge in [0.1, 0.15) is 21.9 Å². The maximum Gasteiger partial charge on any atom is 0.326 e. The van der Waals surface area contributed by atoms with E-state index in [9.17, 15) is 91.5 Å². The summed E-state index contributed by atoms with van der Waals surface area (Å²) in [7, 11) is -20.3. The number of hydrogen-bond donors (Lipinski definition) is 16. The van der Waals surface area contributed by atoms with Gasteiger partial charge in [-0.2, -0.15) is 63.6 Å². The molecule has 448 valence electrons. The molecule has 0 bridgehead atoms. The number of anilines is 10. The van der Waals surface area contributed by atoms with E-state index in [0.29, 0.717) is 0 Å². The molecule has 0 saturated carbocycles. The molecule has 0 fully saturated rings. The second-order valence-corrected chi connectivity index (χ2v) is 23.0. The first kappa shape index (κ1) is 64.6. The van der Waals surface area contributed by atoms with Crippen LogP contribution in [0.4, 0.5) is 58.4 Å². The van der Waals surface area contributed by atoms with Crippen molar-refractivity contribution in [3.63, 3.8) is 0 Å². The van der Waals surface area contributed by atoms with Gasteiger partial charge in [-0.15, -0.1) is 8.67 Å². The molecule has 6 aromatic rings. The molecule has 0 spiro atoms. The van der Waals surface area contributed by atoms with Crippen LogP contribution in [0, 0.1) is 0 Å². The van der Waals surface area contributed by atoms with Crippen LogP contribution in [0.5, 0.6) is 0 Å². The second-order valence-electron chi connectivity index (χ2n) is 15.9. The number of nitrogens with zero attached hydrogens (tertiary/aromatic N) is 6. The molecule has 2 unspecified atom stereocenters. The average molecular weight is 1290 g/mol. The van der Waals surface area contributed by atoms with Gasteiger partial charge in [-0.25, -0.2) is 20.1 Å². The lowest BCUT2D eigenvalue weighted by Gasteiger charge is -2.16. The molecule has 0 aliphatic heterocycles. The van der Waals surface area contributed by atoms with Crippen molar-refractivity contribution < 1.29 is 121 Å². The summed E-state index contributed by atoms with van der Waals surface area (Å²) in [4.78, 5) is 67.6. The summed E-state index contributed by atoms with van der Waals surface area (Å²) >= 11 is 0.564. The molecule has 44 heteroatoms. The Morgan fingerprint density at radius 1 is 0.464 bits per heavy atom. The first-order valence-electron chi connectivity index (χ1n) is 21.8. The van der Waals surface area contributed by atoms with Crippen LogP contribution in [0.25, 0.3) is 12.2 Å². The molecule has 4 aromatic carbocycles. The molecule has 16 N–H and O–H groups in total. The molecule has 2 heterocycles. The average Bonchev–Trinajstić information content (AvgIpc) is 2.10. The lowest BCUT2D eigenvalue weighted by atomic mass is 10.1. The predicted molar refractivity (Wildman–Crippen MR) is 283 cm³/mol. The van der Waals surface area contributed by atoms with Crippen molar-refractivity contribution >= 4 is 159 Å². The van der Waals surface area contributed by atoms with Crippen LogP contribution in [-0.4, -0.2) is 149 Å². The SMILES string of the molecule is O=C(O)CC(Nc1nc(Nc2ccc(C=Cc3ccc(Nc4nc(Nc5cc(S(=O)(=O)O)ccc5SOOO)nc(NC(CC(=O)O)C(=O)O)n4)cc3S(=O)(=O)O)c(S(=O)(=O)O)c2)nc(Nc2cc(S(=O)(=O)O)ccc2SOOO)n1)C(=O)O. The van der Waals surface area contributed by atoms with E-state index in [1.165, 1.54) is 0 Å². The van der Waals surface area contributed by atoms with E-state index in [0.717, 1.165) is 84.9 Å². The third kappa shape index (κ3) is 18.5. The monoisotopic (exact) mass is 1290 g/mol. The minimum absolute atomic E-state index is 0.0837. The summed E-state index contributed by atoms with van der Waals surface area (Å²) in [5.74, 6) is -10.3. The van der Waals surface area contributed by atoms with E-state index in [4.69, 9.17) is 10.5 Å². The molecular formula is C40H36N12O26S6.